The summed E-state index contributed by atoms with van der Waals surface area (Å²) in [6, 6.07) is 8.46. The molecule has 0 heterocycles. The molecule has 0 aliphatic heterocycles. The van der Waals surface area contributed by atoms with E-state index in [0.717, 1.165) is 18.7 Å². The highest BCUT2D eigenvalue weighted by atomic mass is 16.6. The first-order chi connectivity index (χ1) is 15.4. The van der Waals surface area contributed by atoms with Crippen LogP contribution in [0.4, 0.5) is 0 Å². The Morgan fingerprint density at radius 3 is 1.71 bits per heavy atom. The van der Waals surface area contributed by atoms with Crippen molar-refractivity contribution in [1.82, 2.24) is 5.32 Å². The van der Waals surface area contributed by atoms with Gasteiger partial charge in [-0.1, -0.05) is 51.2 Å². The second kappa shape index (κ2) is 22.0. The van der Waals surface area contributed by atoms with Gasteiger partial charge in [-0.25, -0.2) is 0 Å². The van der Waals surface area contributed by atoms with Gasteiger partial charge in [0, 0.05) is 6.54 Å². The Labute approximate surface area is 189 Å². The van der Waals surface area contributed by atoms with Gasteiger partial charge in [-0.3, -0.25) is 0 Å². The minimum Gasteiger partial charge on any atom is -0.491 e. The Morgan fingerprint density at radius 2 is 1.13 bits per heavy atom. The van der Waals surface area contributed by atoms with E-state index in [9.17, 15) is 0 Å². The lowest BCUT2D eigenvalue weighted by Gasteiger charge is -2.09. The van der Waals surface area contributed by atoms with Crippen LogP contribution in [-0.2, 0) is 25.4 Å². The van der Waals surface area contributed by atoms with Gasteiger partial charge in [-0.15, -0.1) is 0 Å². The van der Waals surface area contributed by atoms with E-state index in [2.05, 4.69) is 36.5 Å². The molecular formula is C25H45NO5. The summed E-state index contributed by atoms with van der Waals surface area (Å²) < 4.78 is 27.5. The minimum absolute atomic E-state index is 0.549. The molecule has 0 saturated heterocycles. The van der Waals surface area contributed by atoms with E-state index in [1.165, 1.54) is 44.1 Å². The van der Waals surface area contributed by atoms with Crippen LogP contribution in [0.15, 0.2) is 24.3 Å². The van der Waals surface area contributed by atoms with Crippen molar-refractivity contribution < 1.29 is 23.7 Å². The van der Waals surface area contributed by atoms with E-state index in [4.69, 9.17) is 23.7 Å². The molecule has 0 unspecified atom stereocenters. The van der Waals surface area contributed by atoms with Gasteiger partial charge in [0.1, 0.15) is 12.4 Å². The second-order valence-corrected chi connectivity index (χ2v) is 7.56. The summed E-state index contributed by atoms with van der Waals surface area (Å²) >= 11 is 0. The Bertz CT molecular complexity index is 483. The fraction of sp³-hybridized carbons (Fsp3) is 0.760. The zero-order chi connectivity index (χ0) is 22.2. The molecule has 6 nitrogen and oxygen atoms in total. The predicted octanol–water partition coefficient (Wildman–Crippen LogP) is 4.25. The molecule has 31 heavy (non-hydrogen) atoms. The fourth-order valence-corrected chi connectivity index (χ4v) is 3.02. The molecule has 0 fully saturated rings. The molecule has 0 amide bonds. The topological polar surface area (TPSA) is 58.2 Å². The van der Waals surface area contributed by atoms with Gasteiger partial charge in [0.15, 0.2) is 0 Å². The Morgan fingerprint density at radius 1 is 0.613 bits per heavy atom. The fourth-order valence-electron chi connectivity index (χ4n) is 3.02. The van der Waals surface area contributed by atoms with E-state index in [1.807, 2.05) is 7.05 Å². The van der Waals surface area contributed by atoms with E-state index >= 15 is 0 Å². The first-order valence-corrected chi connectivity index (χ1v) is 12.0. The predicted molar refractivity (Wildman–Crippen MR) is 126 cm³/mol. The summed E-state index contributed by atoms with van der Waals surface area (Å²) in [6.07, 6.45) is 9.18. The maximum atomic E-state index is 5.74. The molecule has 0 spiro atoms. The highest BCUT2D eigenvalue weighted by Crippen LogP contribution is 2.15. The van der Waals surface area contributed by atoms with Crippen molar-refractivity contribution in [2.75, 3.05) is 73.1 Å². The van der Waals surface area contributed by atoms with Crippen molar-refractivity contribution in [3.8, 4) is 5.75 Å². The van der Waals surface area contributed by atoms with Gasteiger partial charge in [-0.2, -0.15) is 0 Å². The molecule has 0 radical (unpaired) electrons. The van der Waals surface area contributed by atoms with Crippen LogP contribution in [0.5, 0.6) is 5.75 Å². The average molecular weight is 440 g/mol. The lowest BCUT2D eigenvalue weighted by molar-refractivity contribution is -0.00418. The summed E-state index contributed by atoms with van der Waals surface area (Å²) in [5.41, 5.74) is 1.39. The summed E-state index contributed by atoms with van der Waals surface area (Å²) in [5.74, 6) is 0.902. The van der Waals surface area contributed by atoms with Crippen LogP contribution in [0, 0.1) is 0 Å². The lowest BCUT2D eigenvalue weighted by Crippen LogP contribution is -2.17. The molecule has 1 N–H and O–H groups in total. The van der Waals surface area contributed by atoms with E-state index in [1.54, 1.807) is 0 Å². The van der Waals surface area contributed by atoms with Crippen molar-refractivity contribution in [3.63, 3.8) is 0 Å². The highest BCUT2D eigenvalue weighted by molar-refractivity contribution is 5.27. The standard InChI is InChI=1S/C25H45NO5/c1-3-4-5-6-7-8-9-24-10-12-25(13-11-24)31-23-22-30-21-20-29-19-18-28-17-16-27-15-14-26-2/h10-13,26H,3-9,14-23H2,1-2H3. The van der Waals surface area contributed by atoms with Crippen molar-refractivity contribution >= 4 is 0 Å². The third-order valence-electron chi connectivity index (χ3n) is 4.85. The number of aryl methyl sites for hydroxylation is 1. The number of hydrogen-bond donors (Lipinski definition) is 1. The van der Waals surface area contributed by atoms with E-state index < -0.39 is 0 Å². The summed E-state index contributed by atoms with van der Waals surface area (Å²) in [4.78, 5) is 0. The van der Waals surface area contributed by atoms with Gasteiger partial charge < -0.3 is 29.0 Å². The second-order valence-electron chi connectivity index (χ2n) is 7.56. The van der Waals surface area contributed by atoms with Crippen molar-refractivity contribution in [1.29, 1.82) is 0 Å². The number of nitrogens with one attached hydrogen (secondary N) is 1. The van der Waals surface area contributed by atoms with E-state index in [-0.39, 0.29) is 0 Å². The SMILES string of the molecule is CCCCCCCCc1ccc(OCCOCCOCCOCCOCCNC)cc1. The number of rotatable bonds is 23. The van der Waals surface area contributed by atoms with Gasteiger partial charge in [0.05, 0.1) is 52.9 Å². The van der Waals surface area contributed by atoms with Gasteiger partial charge in [0.25, 0.3) is 0 Å². The summed E-state index contributed by atoms with van der Waals surface area (Å²) in [5, 5.41) is 3.03. The van der Waals surface area contributed by atoms with Crippen LogP contribution in [0.25, 0.3) is 0 Å². The zero-order valence-electron chi connectivity index (χ0n) is 19.9. The van der Waals surface area contributed by atoms with Gasteiger partial charge >= 0.3 is 0 Å². The normalized spacial score (nSPS) is 11.2. The number of hydrogen-bond acceptors (Lipinski definition) is 6. The molecule has 0 aliphatic rings. The minimum atomic E-state index is 0.549. The maximum Gasteiger partial charge on any atom is 0.119 e. The van der Waals surface area contributed by atoms with Crippen LogP contribution in [0.2, 0.25) is 0 Å². The monoisotopic (exact) mass is 439 g/mol. The lowest BCUT2D eigenvalue weighted by atomic mass is 10.0. The molecule has 1 aromatic carbocycles. The Kier molecular flexibility index (Phi) is 19.8. The Balaban J connectivity index is 1.86. The molecule has 1 rings (SSSR count). The van der Waals surface area contributed by atoms with Crippen LogP contribution in [0.1, 0.15) is 51.0 Å². The van der Waals surface area contributed by atoms with Crippen molar-refractivity contribution in [2.24, 2.45) is 0 Å². The number of ether oxygens (including phenoxy) is 5. The highest BCUT2D eigenvalue weighted by Gasteiger charge is 1.98. The van der Waals surface area contributed by atoms with Gasteiger partial charge in [0.2, 0.25) is 0 Å². The molecule has 0 atom stereocenters. The average Bonchev–Trinajstić information content (AvgIpc) is 2.79. The number of likely N-dealkylation sites (N-methyl/N-ethyl adjacent to an activating group) is 1. The third kappa shape index (κ3) is 18.1. The number of benzene rings is 1. The Hall–Kier alpha value is -1.18. The largest absolute Gasteiger partial charge is 0.491 e. The molecule has 1 aromatic rings. The quantitative estimate of drug-likeness (QED) is 0.257. The van der Waals surface area contributed by atoms with E-state index in [0.29, 0.717) is 59.5 Å². The molecule has 0 aliphatic carbocycles. The molecule has 180 valence electrons. The molecular weight excluding hydrogens is 394 g/mol. The van der Waals surface area contributed by atoms with Gasteiger partial charge in [-0.05, 0) is 37.6 Å². The first-order valence-electron chi connectivity index (χ1n) is 12.0. The molecule has 0 aromatic heterocycles. The number of unbranched alkanes of at least 4 members (excludes halogenated alkanes) is 5. The van der Waals surface area contributed by atoms with Crippen molar-refractivity contribution in [3.05, 3.63) is 29.8 Å². The molecule has 0 saturated carbocycles. The summed E-state index contributed by atoms with van der Waals surface area (Å²) in [6.45, 7) is 8.43. The third-order valence-corrected chi connectivity index (χ3v) is 4.85. The van der Waals surface area contributed by atoms with Crippen LogP contribution in [0.3, 0.4) is 0 Å². The summed E-state index contributed by atoms with van der Waals surface area (Å²) in [7, 11) is 1.91. The van der Waals surface area contributed by atoms with Crippen molar-refractivity contribution in [2.45, 2.75) is 51.9 Å². The zero-order valence-corrected chi connectivity index (χ0v) is 19.9. The first kappa shape index (κ1) is 27.9. The molecule has 0 bridgehead atoms. The maximum absolute atomic E-state index is 5.74. The van der Waals surface area contributed by atoms with Crippen LogP contribution >= 0.6 is 0 Å². The van der Waals surface area contributed by atoms with Crippen LogP contribution in [-0.4, -0.2) is 73.1 Å². The molecule has 6 heteroatoms. The smallest absolute Gasteiger partial charge is 0.119 e. The van der Waals surface area contributed by atoms with Crippen LogP contribution < -0.4 is 10.1 Å².